The van der Waals surface area contributed by atoms with Crippen molar-refractivity contribution in [1.29, 1.82) is 0 Å². The molecule has 1 atom stereocenters. The molecule has 0 unspecified atom stereocenters. The molecule has 0 spiro atoms. The minimum atomic E-state index is -4.78. The predicted molar refractivity (Wildman–Crippen MR) is 167 cm³/mol. The minimum absolute atomic E-state index is 0.0481. The first-order chi connectivity index (χ1) is 21.3. The molecule has 4 aromatic rings. The average Bonchev–Trinajstić information content (AvgIpc) is 3.02. The second kappa shape index (κ2) is 14.4. The Balaban J connectivity index is 1.84. The standard InChI is InChI=1S/C32H28Cl2F3N3O4S/c1-38-31(42)29(17-22-9-4-2-5-10-22)39(20-23-15-16-25(33)19-28(23)34)30(41)21-40(45(43,44)27-13-6-3-7-14-27)26-12-8-11-24(18-26)32(35,36)37/h2-16,18-19,29H,17,20-21H2,1H3,(H,38,42)/t29-/m0/s1. The predicted octanol–water partition coefficient (Wildman–Crippen LogP) is 6.59. The van der Waals surface area contributed by atoms with Gasteiger partial charge in [-0.15, -0.1) is 0 Å². The zero-order chi connectivity index (χ0) is 32.8. The molecule has 4 aromatic carbocycles. The van der Waals surface area contributed by atoms with E-state index < -0.39 is 46.2 Å². The Hall–Kier alpha value is -4.06. The molecular formula is C32H28Cl2F3N3O4S. The second-order valence-corrected chi connectivity index (χ2v) is 12.7. The van der Waals surface area contributed by atoms with Crippen molar-refractivity contribution < 1.29 is 31.2 Å². The Morgan fingerprint density at radius 3 is 2.11 bits per heavy atom. The molecule has 0 radical (unpaired) electrons. The summed E-state index contributed by atoms with van der Waals surface area (Å²) in [6.45, 7) is -1.16. The van der Waals surface area contributed by atoms with E-state index in [4.69, 9.17) is 23.2 Å². The first-order valence-electron chi connectivity index (χ1n) is 13.5. The molecule has 0 saturated carbocycles. The number of halogens is 5. The lowest BCUT2D eigenvalue weighted by molar-refractivity contribution is -0.139. The number of alkyl halides is 3. The van der Waals surface area contributed by atoms with Crippen LogP contribution in [0, 0.1) is 0 Å². The summed E-state index contributed by atoms with van der Waals surface area (Å²) >= 11 is 12.5. The molecule has 236 valence electrons. The molecule has 0 aromatic heterocycles. The molecule has 0 saturated heterocycles. The largest absolute Gasteiger partial charge is 0.416 e. The van der Waals surface area contributed by atoms with Crippen LogP contribution in [0.1, 0.15) is 16.7 Å². The average molecular weight is 679 g/mol. The molecule has 0 fully saturated rings. The van der Waals surface area contributed by atoms with E-state index >= 15 is 0 Å². The van der Waals surface area contributed by atoms with E-state index in [2.05, 4.69) is 5.32 Å². The fourth-order valence-corrected chi connectivity index (χ4v) is 6.54. The van der Waals surface area contributed by atoms with Gasteiger partial charge in [0.25, 0.3) is 10.0 Å². The van der Waals surface area contributed by atoms with Crippen LogP contribution < -0.4 is 9.62 Å². The van der Waals surface area contributed by atoms with E-state index in [9.17, 15) is 31.2 Å². The van der Waals surface area contributed by atoms with Gasteiger partial charge in [0.2, 0.25) is 11.8 Å². The van der Waals surface area contributed by atoms with Crippen molar-refractivity contribution in [3.8, 4) is 0 Å². The van der Waals surface area contributed by atoms with Crippen molar-refractivity contribution >= 4 is 50.7 Å². The summed E-state index contributed by atoms with van der Waals surface area (Å²) < 4.78 is 69.5. The highest BCUT2D eigenvalue weighted by Gasteiger charge is 2.36. The van der Waals surface area contributed by atoms with Gasteiger partial charge in [-0.3, -0.25) is 13.9 Å². The summed E-state index contributed by atoms with van der Waals surface area (Å²) in [5.74, 6) is -1.41. The van der Waals surface area contributed by atoms with E-state index in [0.717, 1.165) is 12.1 Å². The van der Waals surface area contributed by atoms with Crippen molar-refractivity contribution in [2.45, 2.75) is 30.1 Å². The number of amides is 2. The number of carbonyl (C=O) groups is 2. The van der Waals surface area contributed by atoms with Gasteiger partial charge in [0.1, 0.15) is 12.6 Å². The number of likely N-dealkylation sites (N-methyl/N-ethyl adjacent to an activating group) is 1. The summed E-state index contributed by atoms with van der Waals surface area (Å²) in [5, 5.41) is 3.08. The second-order valence-electron chi connectivity index (χ2n) is 9.95. The molecule has 0 heterocycles. The van der Waals surface area contributed by atoms with Crippen LogP contribution in [0.3, 0.4) is 0 Å². The quantitative estimate of drug-likeness (QED) is 0.194. The Morgan fingerprint density at radius 1 is 0.867 bits per heavy atom. The number of nitrogens with one attached hydrogen (secondary N) is 1. The van der Waals surface area contributed by atoms with Crippen LogP contribution in [0.5, 0.6) is 0 Å². The van der Waals surface area contributed by atoms with Crippen LogP contribution in [0.4, 0.5) is 18.9 Å². The van der Waals surface area contributed by atoms with Crippen molar-refractivity contribution in [3.05, 3.63) is 130 Å². The van der Waals surface area contributed by atoms with Crippen LogP contribution in [-0.2, 0) is 38.8 Å². The van der Waals surface area contributed by atoms with Crippen LogP contribution in [0.15, 0.2) is 108 Å². The maximum Gasteiger partial charge on any atom is 0.416 e. The Kier molecular flexibility index (Phi) is 10.8. The number of benzene rings is 4. The molecule has 0 bridgehead atoms. The summed E-state index contributed by atoms with van der Waals surface area (Å²) in [7, 11) is -3.17. The third-order valence-corrected chi connectivity index (χ3v) is 9.32. The molecule has 4 rings (SSSR count). The molecule has 2 amide bonds. The highest BCUT2D eigenvalue weighted by molar-refractivity contribution is 7.92. The molecule has 0 aliphatic rings. The van der Waals surface area contributed by atoms with E-state index in [1.54, 1.807) is 48.5 Å². The van der Waals surface area contributed by atoms with Crippen molar-refractivity contribution in [3.63, 3.8) is 0 Å². The highest BCUT2D eigenvalue weighted by Crippen LogP contribution is 2.33. The van der Waals surface area contributed by atoms with Crippen molar-refractivity contribution in [2.24, 2.45) is 0 Å². The van der Waals surface area contributed by atoms with Gasteiger partial charge < -0.3 is 10.2 Å². The van der Waals surface area contributed by atoms with Gasteiger partial charge in [-0.1, -0.05) is 83.9 Å². The first-order valence-corrected chi connectivity index (χ1v) is 15.7. The van der Waals surface area contributed by atoms with E-state index in [-0.39, 0.29) is 28.6 Å². The molecule has 7 nitrogen and oxygen atoms in total. The summed E-state index contributed by atoms with van der Waals surface area (Å²) in [6, 6.07) is 23.0. The van der Waals surface area contributed by atoms with Crippen LogP contribution in [0.2, 0.25) is 10.0 Å². The number of hydrogen-bond donors (Lipinski definition) is 1. The van der Waals surface area contributed by atoms with Gasteiger partial charge in [-0.2, -0.15) is 13.2 Å². The third kappa shape index (κ3) is 8.36. The SMILES string of the molecule is CNC(=O)[C@H](Cc1ccccc1)N(Cc1ccc(Cl)cc1Cl)C(=O)CN(c1cccc(C(F)(F)F)c1)S(=O)(=O)c1ccccc1. The number of carbonyl (C=O) groups excluding carboxylic acids is 2. The van der Waals surface area contributed by atoms with Gasteiger partial charge in [0.15, 0.2) is 0 Å². The van der Waals surface area contributed by atoms with E-state index in [0.29, 0.717) is 26.5 Å². The number of sulfonamides is 1. The molecule has 0 aliphatic carbocycles. The van der Waals surface area contributed by atoms with Crippen LogP contribution >= 0.6 is 23.2 Å². The van der Waals surface area contributed by atoms with Gasteiger partial charge in [0, 0.05) is 30.1 Å². The number of nitrogens with zero attached hydrogens (tertiary/aromatic N) is 2. The van der Waals surface area contributed by atoms with Gasteiger partial charge in [-0.25, -0.2) is 8.42 Å². The summed E-state index contributed by atoms with van der Waals surface area (Å²) in [5.41, 5.74) is -0.366. The third-order valence-electron chi connectivity index (χ3n) is 6.94. The number of anilines is 1. The normalized spacial score (nSPS) is 12.3. The molecule has 45 heavy (non-hydrogen) atoms. The molecule has 0 aliphatic heterocycles. The van der Waals surface area contributed by atoms with E-state index in [1.807, 2.05) is 0 Å². The van der Waals surface area contributed by atoms with Gasteiger partial charge in [0.05, 0.1) is 16.1 Å². The van der Waals surface area contributed by atoms with Crippen molar-refractivity contribution in [1.82, 2.24) is 10.2 Å². The van der Waals surface area contributed by atoms with Gasteiger partial charge >= 0.3 is 6.18 Å². The molecule has 1 N–H and O–H groups in total. The highest BCUT2D eigenvalue weighted by atomic mass is 35.5. The zero-order valence-corrected chi connectivity index (χ0v) is 26.2. The lowest BCUT2D eigenvalue weighted by Crippen LogP contribution is -2.53. The van der Waals surface area contributed by atoms with Crippen LogP contribution in [0.25, 0.3) is 0 Å². The Morgan fingerprint density at radius 2 is 1.51 bits per heavy atom. The number of hydrogen-bond acceptors (Lipinski definition) is 4. The van der Waals surface area contributed by atoms with Gasteiger partial charge in [-0.05, 0) is 53.6 Å². The number of rotatable bonds is 11. The fourth-order valence-electron chi connectivity index (χ4n) is 4.64. The maximum absolute atomic E-state index is 14.3. The summed E-state index contributed by atoms with van der Waals surface area (Å²) in [4.78, 5) is 28.5. The van der Waals surface area contributed by atoms with Crippen molar-refractivity contribution in [2.75, 3.05) is 17.9 Å². The fraction of sp³-hybridized carbons (Fsp3) is 0.188. The smallest absolute Gasteiger partial charge is 0.357 e. The Bertz CT molecular complexity index is 1760. The van der Waals surface area contributed by atoms with Crippen LogP contribution in [-0.4, -0.2) is 44.8 Å². The monoisotopic (exact) mass is 677 g/mol. The van der Waals surface area contributed by atoms with E-state index in [1.165, 1.54) is 48.3 Å². The minimum Gasteiger partial charge on any atom is -0.357 e. The zero-order valence-electron chi connectivity index (χ0n) is 23.8. The molecule has 13 heteroatoms. The summed E-state index contributed by atoms with van der Waals surface area (Å²) in [6.07, 6.45) is -4.73. The lowest BCUT2D eigenvalue weighted by atomic mass is 10.0. The molecular weight excluding hydrogens is 650 g/mol. The maximum atomic E-state index is 14.3. The lowest BCUT2D eigenvalue weighted by Gasteiger charge is -2.34. The first kappa shape index (κ1) is 33.8. The topological polar surface area (TPSA) is 86.8 Å². The Labute approximate surface area is 269 Å².